The van der Waals surface area contributed by atoms with Crippen molar-refractivity contribution in [2.75, 3.05) is 32.8 Å². The van der Waals surface area contributed by atoms with Gasteiger partial charge in [-0.25, -0.2) is 0 Å². The van der Waals surface area contributed by atoms with E-state index in [1.54, 1.807) is 0 Å². The monoisotopic (exact) mass is 307 g/mol. The Morgan fingerprint density at radius 1 is 1.32 bits per heavy atom. The third kappa shape index (κ3) is 3.75. The summed E-state index contributed by atoms with van der Waals surface area (Å²) in [6, 6.07) is 0.0365. The summed E-state index contributed by atoms with van der Waals surface area (Å²) in [5.41, 5.74) is 2.57. The average Bonchev–Trinajstić information content (AvgIpc) is 2.75. The largest absolute Gasteiger partial charge is 0.379 e. The smallest absolute Gasteiger partial charge is 0.268 e. The van der Waals surface area contributed by atoms with E-state index in [1.165, 1.54) is 6.92 Å². The molecule has 1 saturated heterocycles. The van der Waals surface area contributed by atoms with E-state index in [-0.39, 0.29) is 17.7 Å². The van der Waals surface area contributed by atoms with Gasteiger partial charge in [0.05, 0.1) is 13.2 Å². The predicted octanol–water partition coefficient (Wildman–Crippen LogP) is 1.28. The van der Waals surface area contributed by atoms with Gasteiger partial charge in [-0.2, -0.15) is 0 Å². The van der Waals surface area contributed by atoms with Gasteiger partial charge in [0.2, 0.25) is 0 Å². The van der Waals surface area contributed by atoms with Crippen LogP contribution in [0.3, 0.4) is 0 Å². The lowest BCUT2D eigenvalue weighted by Gasteiger charge is -2.29. The molecule has 0 unspecified atom stereocenters. The Morgan fingerprint density at radius 3 is 2.50 bits per heavy atom. The van der Waals surface area contributed by atoms with Crippen molar-refractivity contribution in [1.82, 2.24) is 15.2 Å². The number of nitrogens with one attached hydrogen (secondary N) is 2. The second-order valence-electron chi connectivity index (χ2n) is 5.97. The van der Waals surface area contributed by atoms with Gasteiger partial charge in [0.25, 0.3) is 5.91 Å². The van der Waals surface area contributed by atoms with E-state index >= 15 is 0 Å². The van der Waals surface area contributed by atoms with Gasteiger partial charge in [-0.1, -0.05) is 0 Å². The fourth-order valence-electron chi connectivity index (χ4n) is 3.02. The summed E-state index contributed by atoms with van der Waals surface area (Å²) in [5.74, 6) is -0.180. The summed E-state index contributed by atoms with van der Waals surface area (Å²) in [6.07, 6.45) is 0. The van der Waals surface area contributed by atoms with Crippen molar-refractivity contribution in [2.24, 2.45) is 0 Å². The Hall–Kier alpha value is -1.66. The number of morpholine rings is 1. The molecule has 1 aliphatic heterocycles. The summed E-state index contributed by atoms with van der Waals surface area (Å²) in [5, 5.41) is 3.00. The van der Waals surface area contributed by atoms with Crippen LogP contribution in [0.5, 0.6) is 0 Å². The molecule has 0 bridgehead atoms. The fraction of sp³-hybridized carbons (Fsp3) is 0.625. The predicted molar refractivity (Wildman–Crippen MR) is 84.5 cm³/mol. The number of Topliss-reactive ketones (excluding diaryl/α,β-unsaturated/α-hetero) is 1. The van der Waals surface area contributed by atoms with Gasteiger partial charge in [-0.15, -0.1) is 0 Å². The van der Waals surface area contributed by atoms with Crippen molar-refractivity contribution >= 4 is 11.7 Å². The number of aryl methyl sites for hydroxylation is 1. The number of ketones is 1. The molecular formula is C16H25N3O3. The minimum atomic E-state index is -0.158. The number of hydrogen-bond acceptors (Lipinski definition) is 4. The van der Waals surface area contributed by atoms with Crippen molar-refractivity contribution in [2.45, 2.75) is 33.7 Å². The average molecular weight is 307 g/mol. The Morgan fingerprint density at radius 2 is 1.95 bits per heavy atom. The van der Waals surface area contributed by atoms with E-state index in [2.05, 4.69) is 15.2 Å². The highest BCUT2D eigenvalue weighted by Crippen LogP contribution is 2.18. The standard InChI is InChI=1S/C16H25N3O3/c1-10(9-19-5-7-22-8-6-19)17-16(21)15-11(2)14(13(4)20)12(3)18-15/h10,18H,5-9H2,1-4H3,(H,17,21)/t10-/m1/s1. The highest BCUT2D eigenvalue weighted by atomic mass is 16.5. The minimum absolute atomic E-state index is 0.0216. The first kappa shape index (κ1) is 16.7. The summed E-state index contributed by atoms with van der Waals surface area (Å²) >= 11 is 0. The Labute approximate surface area is 131 Å². The number of carbonyl (C=O) groups is 2. The molecule has 1 aromatic heterocycles. The molecule has 1 atom stereocenters. The molecule has 122 valence electrons. The third-order valence-electron chi connectivity index (χ3n) is 4.03. The molecule has 1 aromatic rings. The molecule has 6 nitrogen and oxygen atoms in total. The van der Waals surface area contributed by atoms with Crippen LogP contribution in [0.25, 0.3) is 0 Å². The summed E-state index contributed by atoms with van der Waals surface area (Å²) in [7, 11) is 0. The summed E-state index contributed by atoms with van der Waals surface area (Å²) in [6.45, 7) is 11.2. The molecule has 1 amide bonds. The molecule has 2 rings (SSSR count). The van der Waals surface area contributed by atoms with Crippen molar-refractivity contribution in [3.8, 4) is 0 Å². The number of rotatable bonds is 5. The first-order valence-electron chi connectivity index (χ1n) is 7.71. The van der Waals surface area contributed by atoms with Crippen LogP contribution in [-0.2, 0) is 4.74 Å². The number of aromatic amines is 1. The molecule has 1 aliphatic rings. The van der Waals surface area contributed by atoms with E-state index in [0.29, 0.717) is 11.3 Å². The number of nitrogens with zero attached hydrogens (tertiary/aromatic N) is 1. The first-order chi connectivity index (χ1) is 10.4. The first-order valence-corrected chi connectivity index (χ1v) is 7.71. The van der Waals surface area contributed by atoms with Gasteiger partial charge in [-0.05, 0) is 33.3 Å². The van der Waals surface area contributed by atoms with Crippen LogP contribution >= 0.6 is 0 Å². The maximum Gasteiger partial charge on any atom is 0.268 e. The highest BCUT2D eigenvalue weighted by Gasteiger charge is 2.21. The SMILES string of the molecule is CC(=O)c1c(C)[nH]c(C(=O)N[C@H](C)CN2CCOCC2)c1C. The molecule has 0 radical (unpaired) electrons. The number of hydrogen-bond donors (Lipinski definition) is 2. The maximum absolute atomic E-state index is 12.4. The van der Waals surface area contributed by atoms with Crippen molar-refractivity contribution in [3.05, 3.63) is 22.5 Å². The molecule has 2 N–H and O–H groups in total. The highest BCUT2D eigenvalue weighted by molar-refractivity contribution is 6.02. The number of amides is 1. The van der Waals surface area contributed by atoms with Crippen molar-refractivity contribution in [3.63, 3.8) is 0 Å². The lowest BCUT2D eigenvalue weighted by atomic mass is 10.1. The van der Waals surface area contributed by atoms with Gasteiger partial charge in [-0.3, -0.25) is 14.5 Å². The van der Waals surface area contributed by atoms with Gasteiger partial charge >= 0.3 is 0 Å². The number of carbonyl (C=O) groups excluding carboxylic acids is 2. The van der Waals surface area contributed by atoms with E-state index in [1.807, 2.05) is 20.8 Å². The molecule has 0 spiro atoms. The molecule has 1 fully saturated rings. The van der Waals surface area contributed by atoms with Gasteiger partial charge in [0.1, 0.15) is 5.69 Å². The van der Waals surface area contributed by atoms with Crippen LogP contribution in [0, 0.1) is 13.8 Å². The van der Waals surface area contributed by atoms with Gasteiger partial charge in [0.15, 0.2) is 5.78 Å². The summed E-state index contributed by atoms with van der Waals surface area (Å²) < 4.78 is 5.32. The summed E-state index contributed by atoms with van der Waals surface area (Å²) in [4.78, 5) is 29.4. The maximum atomic E-state index is 12.4. The lowest BCUT2D eigenvalue weighted by molar-refractivity contribution is 0.0342. The van der Waals surface area contributed by atoms with Crippen LogP contribution in [-0.4, -0.2) is 60.5 Å². The Kier molecular flexibility index (Phi) is 5.37. The van der Waals surface area contributed by atoms with E-state index in [4.69, 9.17) is 4.74 Å². The van der Waals surface area contributed by atoms with Gasteiger partial charge in [0, 0.05) is 36.9 Å². The topological polar surface area (TPSA) is 74.4 Å². The van der Waals surface area contributed by atoms with Crippen LogP contribution in [0.1, 0.15) is 46.0 Å². The second kappa shape index (κ2) is 7.07. The number of ether oxygens (including phenoxy) is 1. The van der Waals surface area contributed by atoms with Crippen LogP contribution in [0.15, 0.2) is 0 Å². The van der Waals surface area contributed by atoms with Crippen LogP contribution in [0.2, 0.25) is 0 Å². The van der Waals surface area contributed by atoms with Crippen LogP contribution < -0.4 is 5.32 Å². The lowest BCUT2D eigenvalue weighted by Crippen LogP contribution is -2.46. The number of H-pyrrole nitrogens is 1. The molecule has 0 aromatic carbocycles. The van der Waals surface area contributed by atoms with E-state index < -0.39 is 0 Å². The molecular weight excluding hydrogens is 282 g/mol. The fourth-order valence-corrected chi connectivity index (χ4v) is 3.02. The molecule has 0 aliphatic carbocycles. The molecule has 22 heavy (non-hydrogen) atoms. The molecule has 6 heteroatoms. The zero-order valence-corrected chi connectivity index (χ0v) is 13.8. The number of aromatic nitrogens is 1. The Balaban J connectivity index is 1.99. The zero-order valence-electron chi connectivity index (χ0n) is 13.8. The van der Waals surface area contributed by atoms with Crippen molar-refractivity contribution in [1.29, 1.82) is 0 Å². The van der Waals surface area contributed by atoms with Crippen molar-refractivity contribution < 1.29 is 14.3 Å². The quantitative estimate of drug-likeness (QED) is 0.804. The van der Waals surface area contributed by atoms with E-state index in [9.17, 15) is 9.59 Å². The Bertz CT molecular complexity index is 559. The molecule has 2 heterocycles. The van der Waals surface area contributed by atoms with E-state index in [0.717, 1.165) is 44.1 Å². The molecule has 0 saturated carbocycles. The minimum Gasteiger partial charge on any atom is -0.379 e. The second-order valence-corrected chi connectivity index (χ2v) is 5.97. The zero-order chi connectivity index (χ0) is 16.3. The van der Waals surface area contributed by atoms with Gasteiger partial charge < -0.3 is 15.0 Å². The normalized spacial score (nSPS) is 17.3. The third-order valence-corrected chi connectivity index (χ3v) is 4.03. The van der Waals surface area contributed by atoms with Crippen LogP contribution in [0.4, 0.5) is 0 Å².